The van der Waals surface area contributed by atoms with Gasteiger partial charge >= 0.3 is 0 Å². The largest absolute Gasteiger partial charge is 0.383 e. The molecule has 1 atom stereocenters. The minimum Gasteiger partial charge on any atom is -0.383 e. The lowest BCUT2D eigenvalue weighted by Crippen LogP contribution is -2.29. The van der Waals surface area contributed by atoms with Gasteiger partial charge in [-0.2, -0.15) is 0 Å². The van der Waals surface area contributed by atoms with E-state index in [0.717, 1.165) is 13.2 Å². The maximum atomic E-state index is 5.09. The first-order valence-electron chi connectivity index (χ1n) is 5.58. The summed E-state index contributed by atoms with van der Waals surface area (Å²) >= 11 is 0. The van der Waals surface area contributed by atoms with E-state index in [9.17, 15) is 0 Å². The fourth-order valence-corrected chi connectivity index (χ4v) is 1.87. The van der Waals surface area contributed by atoms with E-state index in [1.54, 1.807) is 7.11 Å². The third-order valence-corrected chi connectivity index (χ3v) is 2.73. The molecule has 0 aliphatic rings. The summed E-state index contributed by atoms with van der Waals surface area (Å²) in [6, 6.07) is 8.72. The molecule has 2 aromatic rings. The Balaban J connectivity index is 2.04. The number of ether oxygens (including phenoxy) is 1. The molecule has 0 saturated heterocycles. The van der Waals surface area contributed by atoms with Crippen molar-refractivity contribution in [1.82, 2.24) is 10.3 Å². The van der Waals surface area contributed by atoms with E-state index in [-0.39, 0.29) is 0 Å². The summed E-state index contributed by atoms with van der Waals surface area (Å²) in [6.45, 7) is 3.73. The lowest BCUT2D eigenvalue weighted by atomic mass is 10.1. The highest BCUT2D eigenvalue weighted by Crippen LogP contribution is 2.17. The molecule has 1 heterocycles. The van der Waals surface area contributed by atoms with Gasteiger partial charge in [0.1, 0.15) is 0 Å². The number of fused-ring (bicyclic) bond motifs is 1. The molecular formula is C13H18N2O. The Morgan fingerprint density at radius 3 is 3.00 bits per heavy atom. The number of hydrogen-bond acceptors (Lipinski definition) is 2. The van der Waals surface area contributed by atoms with Crippen molar-refractivity contribution in [1.29, 1.82) is 0 Å². The molecule has 0 amide bonds. The Bertz CT molecular complexity index is 450. The van der Waals surface area contributed by atoms with Crippen LogP contribution in [0.25, 0.3) is 10.9 Å². The molecule has 0 aliphatic heterocycles. The number of hydrogen-bond donors (Lipinski definition) is 2. The van der Waals surface area contributed by atoms with Crippen molar-refractivity contribution in [3.63, 3.8) is 0 Å². The van der Waals surface area contributed by atoms with Crippen LogP contribution in [-0.4, -0.2) is 24.7 Å². The number of nitrogens with one attached hydrogen (secondary N) is 2. The van der Waals surface area contributed by atoms with Crippen molar-refractivity contribution in [3.8, 4) is 0 Å². The van der Waals surface area contributed by atoms with E-state index in [1.165, 1.54) is 16.5 Å². The Morgan fingerprint density at radius 2 is 2.19 bits per heavy atom. The van der Waals surface area contributed by atoms with Crippen molar-refractivity contribution in [2.45, 2.75) is 19.5 Å². The van der Waals surface area contributed by atoms with E-state index in [2.05, 4.69) is 41.6 Å². The standard InChI is InChI=1S/C13H18N2O/c1-10(9-16-2)14-7-11-8-15-13-6-4-3-5-12(11)13/h3-6,8,10,14-15H,7,9H2,1-2H3. The number of aromatic amines is 1. The summed E-state index contributed by atoms with van der Waals surface area (Å²) in [6.07, 6.45) is 2.07. The molecule has 0 radical (unpaired) electrons. The van der Waals surface area contributed by atoms with Gasteiger partial charge in [0.25, 0.3) is 0 Å². The summed E-state index contributed by atoms with van der Waals surface area (Å²) in [5.41, 5.74) is 2.50. The Morgan fingerprint density at radius 1 is 1.38 bits per heavy atom. The van der Waals surface area contributed by atoms with Gasteiger partial charge in [-0.05, 0) is 18.6 Å². The van der Waals surface area contributed by atoms with Crippen LogP contribution in [0, 0.1) is 0 Å². The van der Waals surface area contributed by atoms with E-state index in [0.29, 0.717) is 6.04 Å². The third kappa shape index (κ3) is 2.43. The third-order valence-electron chi connectivity index (χ3n) is 2.73. The van der Waals surface area contributed by atoms with Gasteiger partial charge < -0.3 is 15.0 Å². The lowest BCUT2D eigenvalue weighted by Gasteiger charge is -2.11. The van der Waals surface area contributed by atoms with Gasteiger partial charge in [-0.15, -0.1) is 0 Å². The monoisotopic (exact) mass is 218 g/mol. The number of para-hydroxylation sites is 1. The number of aromatic nitrogens is 1. The topological polar surface area (TPSA) is 37.0 Å². The first kappa shape index (κ1) is 11.2. The molecule has 1 aromatic heterocycles. The van der Waals surface area contributed by atoms with Crippen molar-refractivity contribution in [2.24, 2.45) is 0 Å². The van der Waals surface area contributed by atoms with Gasteiger partial charge in [0.05, 0.1) is 6.61 Å². The van der Waals surface area contributed by atoms with Crippen LogP contribution in [-0.2, 0) is 11.3 Å². The molecular weight excluding hydrogens is 200 g/mol. The molecule has 0 spiro atoms. The van der Waals surface area contributed by atoms with Gasteiger partial charge in [0.15, 0.2) is 0 Å². The Kier molecular flexibility index (Phi) is 3.59. The zero-order valence-corrected chi connectivity index (χ0v) is 9.79. The smallest absolute Gasteiger partial charge is 0.0613 e. The highest BCUT2D eigenvalue weighted by Gasteiger charge is 2.04. The molecule has 0 fully saturated rings. The summed E-state index contributed by atoms with van der Waals surface area (Å²) in [7, 11) is 1.73. The molecule has 86 valence electrons. The quantitative estimate of drug-likeness (QED) is 0.808. The summed E-state index contributed by atoms with van der Waals surface area (Å²) in [5, 5.41) is 4.72. The molecule has 3 nitrogen and oxygen atoms in total. The van der Waals surface area contributed by atoms with Crippen LogP contribution in [0.4, 0.5) is 0 Å². The first-order chi connectivity index (χ1) is 7.81. The van der Waals surface area contributed by atoms with Crippen LogP contribution in [0.15, 0.2) is 30.5 Å². The highest BCUT2D eigenvalue weighted by atomic mass is 16.5. The molecule has 3 heteroatoms. The number of H-pyrrole nitrogens is 1. The molecule has 2 N–H and O–H groups in total. The number of rotatable bonds is 5. The highest BCUT2D eigenvalue weighted by molar-refractivity contribution is 5.82. The predicted molar refractivity (Wildman–Crippen MR) is 66.5 cm³/mol. The van der Waals surface area contributed by atoms with Crippen molar-refractivity contribution in [2.75, 3.05) is 13.7 Å². The van der Waals surface area contributed by atoms with Crippen LogP contribution >= 0.6 is 0 Å². The molecule has 2 rings (SSSR count). The lowest BCUT2D eigenvalue weighted by molar-refractivity contribution is 0.172. The Hall–Kier alpha value is -1.32. The first-order valence-corrected chi connectivity index (χ1v) is 5.58. The van der Waals surface area contributed by atoms with E-state index in [1.807, 2.05) is 6.07 Å². The maximum Gasteiger partial charge on any atom is 0.0613 e. The normalized spacial score (nSPS) is 13.1. The average Bonchev–Trinajstić information content (AvgIpc) is 2.70. The van der Waals surface area contributed by atoms with E-state index < -0.39 is 0 Å². The summed E-state index contributed by atoms with van der Waals surface area (Å²) in [5.74, 6) is 0. The van der Waals surface area contributed by atoms with Crippen molar-refractivity contribution in [3.05, 3.63) is 36.0 Å². The van der Waals surface area contributed by atoms with Gasteiger partial charge in [0.2, 0.25) is 0 Å². The van der Waals surface area contributed by atoms with Crippen molar-refractivity contribution < 1.29 is 4.74 Å². The molecule has 16 heavy (non-hydrogen) atoms. The Labute approximate surface area is 95.8 Å². The van der Waals surface area contributed by atoms with Gasteiger partial charge in [-0.25, -0.2) is 0 Å². The van der Waals surface area contributed by atoms with Crippen molar-refractivity contribution >= 4 is 10.9 Å². The number of benzene rings is 1. The second-order valence-electron chi connectivity index (χ2n) is 4.10. The van der Waals surface area contributed by atoms with Crippen LogP contribution in [0.2, 0.25) is 0 Å². The molecule has 0 aliphatic carbocycles. The predicted octanol–water partition coefficient (Wildman–Crippen LogP) is 2.29. The minimum atomic E-state index is 0.374. The van der Waals surface area contributed by atoms with Crippen LogP contribution < -0.4 is 5.32 Å². The van der Waals surface area contributed by atoms with E-state index >= 15 is 0 Å². The molecule has 1 unspecified atom stereocenters. The van der Waals surface area contributed by atoms with E-state index in [4.69, 9.17) is 4.74 Å². The fourth-order valence-electron chi connectivity index (χ4n) is 1.87. The van der Waals surface area contributed by atoms with Gasteiger partial charge in [-0.1, -0.05) is 18.2 Å². The number of methoxy groups -OCH3 is 1. The SMILES string of the molecule is COCC(C)NCc1c[nH]c2ccccc12. The zero-order valence-electron chi connectivity index (χ0n) is 9.79. The maximum absolute atomic E-state index is 5.09. The zero-order chi connectivity index (χ0) is 11.4. The minimum absolute atomic E-state index is 0.374. The van der Waals surface area contributed by atoms with Crippen LogP contribution in [0.3, 0.4) is 0 Å². The van der Waals surface area contributed by atoms with Crippen LogP contribution in [0.5, 0.6) is 0 Å². The summed E-state index contributed by atoms with van der Waals surface area (Å²) in [4.78, 5) is 3.27. The van der Waals surface area contributed by atoms with Crippen LogP contribution in [0.1, 0.15) is 12.5 Å². The molecule has 0 bridgehead atoms. The second kappa shape index (κ2) is 5.14. The summed E-state index contributed by atoms with van der Waals surface area (Å²) < 4.78 is 5.09. The molecule has 0 saturated carbocycles. The second-order valence-corrected chi connectivity index (χ2v) is 4.10. The fraction of sp³-hybridized carbons (Fsp3) is 0.385. The van der Waals surface area contributed by atoms with Gasteiger partial charge in [-0.3, -0.25) is 0 Å². The average molecular weight is 218 g/mol. The van der Waals surface area contributed by atoms with Gasteiger partial charge in [0, 0.05) is 36.8 Å². The molecule has 1 aromatic carbocycles.